The lowest BCUT2D eigenvalue weighted by Crippen LogP contribution is -2.11. The largest absolute Gasteiger partial charge is 0.497 e. The average Bonchev–Trinajstić information content (AvgIpc) is 2.71. The SMILES string of the molecule is COc1ccc(NC(=O)c2cc(Cl)sc2Cl)c(Cl)c1. The van der Waals surface area contributed by atoms with Crippen LogP contribution in [0, 0.1) is 0 Å². The Morgan fingerprint density at radius 1 is 1.26 bits per heavy atom. The maximum Gasteiger partial charge on any atom is 0.258 e. The minimum atomic E-state index is -0.361. The van der Waals surface area contributed by atoms with Crippen LogP contribution in [-0.4, -0.2) is 13.0 Å². The Morgan fingerprint density at radius 3 is 2.53 bits per heavy atom. The molecule has 0 saturated heterocycles. The third-order valence-corrected chi connectivity index (χ3v) is 4.13. The van der Waals surface area contributed by atoms with Gasteiger partial charge in [-0.15, -0.1) is 11.3 Å². The third-order valence-electron chi connectivity index (χ3n) is 2.33. The lowest BCUT2D eigenvalue weighted by molar-refractivity contribution is 0.102. The first kappa shape index (κ1) is 14.5. The predicted octanol–water partition coefficient (Wildman–Crippen LogP) is 4.97. The number of hydrogen-bond acceptors (Lipinski definition) is 3. The van der Waals surface area contributed by atoms with E-state index in [4.69, 9.17) is 39.5 Å². The van der Waals surface area contributed by atoms with Gasteiger partial charge in [0.25, 0.3) is 5.91 Å². The number of halogens is 3. The van der Waals surface area contributed by atoms with Gasteiger partial charge >= 0.3 is 0 Å². The number of amides is 1. The molecule has 1 heterocycles. The molecule has 1 amide bonds. The van der Waals surface area contributed by atoms with Gasteiger partial charge in [0, 0.05) is 6.07 Å². The van der Waals surface area contributed by atoms with Crippen molar-refractivity contribution in [3.8, 4) is 5.75 Å². The summed E-state index contributed by atoms with van der Waals surface area (Å²) in [4.78, 5) is 12.0. The molecule has 0 fully saturated rings. The van der Waals surface area contributed by atoms with E-state index in [1.165, 1.54) is 13.2 Å². The molecule has 3 nitrogen and oxygen atoms in total. The highest BCUT2D eigenvalue weighted by Gasteiger charge is 2.15. The van der Waals surface area contributed by atoms with Crippen LogP contribution in [0.3, 0.4) is 0 Å². The zero-order valence-electron chi connectivity index (χ0n) is 9.67. The van der Waals surface area contributed by atoms with E-state index in [1.54, 1.807) is 18.2 Å². The molecule has 0 atom stereocenters. The fourth-order valence-electron chi connectivity index (χ4n) is 1.41. The maximum absolute atomic E-state index is 12.0. The smallest absolute Gasteiger partial charge is 0.258 e. The second-order valence-electron chi connectivity index (χ2n) is 3.54. The van der Waals surface area contributed by atoms with E-state index in [0.29, 0.717) is 30.7 Å². The third kappa shape index (κ3) is 3.34. The number of nitrogens with one attached hydrogen (secondary N) is 1. The van der Waals surface area contributed by atoms with Crippen molar-refractivity contribution in [2.24, 2.45) is 0 Å². The molecule has 1 aromatic carbocycles. The van der Waals surface area contributed by atoms with Crippen molar-refractivity contribution in [1.82, 2.24) is 0 Å². The van der Waals surface area contributed by atoms with Crippen molar-refractivity contribution < 1.29 is 9.53 Å². The number of ether oxygens (including phenoxy) is 1. The molecule has 0 bridgehead atoms. The summed E-state index contributed by atoms with van der Waals surface area (Å²) in [6, 6.07) is 6.48. The van der Waals surface area contributed by atoms with Crippen molar-refractivity contribution in [3.63, 3.8) is 0 Å². The molecule has 1 aromatic heterocycles. The molecular formula is C12H8Cl3NO2S. The van der Waals surface area contributed by atoms with Gasteiger partial charge in [0.15, 0.2) is 0 Å². The van der Waals surface area contributed by atoms with E-state index in [1.807, 2.05) is 0 Å². The lowest BCUT2D eigenvalue weighted by Gasteiger charge is -2.08. The zero-order chi connectivity index (χ0) is 14.0. The Bertz CT molecular complexity index is 627. The number of carbonyl (C=O) groups excluding carboxylic acids is 1. The zero-order valence-corrected chi connectivity index (χ0v) is 12.8. The van der Waals surface area contributed by atoms with E-state index >= 15 is 0 Å². The monoisotopic (exact) mass is 335 g/mol. The number of hydrogen-bond donors (Lipinski definition) is 1. The molecule has 100 valence electrons. The molecule has 2 aromatic rings. The highest BCUT2D eigenvalue weighted by molar-refractivity contribution is 7.20. The Morgan fingerprint density at radius 2 is 2.00 bits per heavy atom. The highest BCUT2D eigenvalue weighted by Crippen LogP contribution is 2.32. The van der Waals surface area contributed by atoms with Crippen LogP contribution in [0.25, 0.3) is 0 Å². The average molecular weight is 337 g/mol. The van der Waals surface area contributed by atoms with Gasteiger partial charge in [0.05, 0.1) is 27.7 Å². The summed E-state index contributed by atoms with van der Waals surface area (Å²) in [7, 11) is 1.54. The standard InChI is InChI=1S/C12H8Cl3NO2S/c1-18-6-2-3-9(8(13)4-6)16-12(17)7-5-10(14)19-11(7)15/h2-5H,1H3,(H,16,17). The summed E-state index contributed by atoms with van der Waals surface area (Å²) in [5.74, 6) is 0.250. The van der Waals surface area contributed by atoms with Gasteiger partial charge in [0.2, 0.25) is 0 Å². The van der Waals surface area contributed by atoms with Gasteiger partial charge < -0.3 is 10.1 Å². The summed E-state index contributed by atoms with van der Waals surface area (Å²) in [5.41, 5.74) is 0.800. The first-order valence-corrected chi connectivity index (χ1v) is 7.06. The number of thiophene rings is 1. The summed E-state index contributed by atoms with van der Waals surface area (Å²) >= 11 is 18.9. The van der Waals surface area contributed by atoms with Crippen LogP contribution in [0.15, 0.2) is 24.3 Å². The number of anilines is 1. The number of benzene rings is 1. The van der Waals surface area contributed by atoms with Gasteiger partial charge in [-0.25, -0.2) is 0 Å². The normalized spacial score (nSPS) is 10.3. The minimum Gasteiger partial charge on any atom is -0.497 e. The van der Waals surface area contributed by atoms with Crippen LogP contribution >= 0.6 is 46.1 Å². The summed E-state index contributed by atoms with van der Waals surface area (Å²) < 4.78 is 5.82. The van der Waals surface area contributed by atoms with Gasteiger partial charge in [-0.3, -0.25) is 4.79 Å². The van der Waals surface area contributed by atoms with Crippen LogP contribution in [0.5, 0.6) is 5.75 Å². The van der Waals surface area contributed by atoms with Gasteiger partial charge in [-0.1, -0.05) is 34.8 Å². The molecule has 1 N–H and O–H groups in total. The van der Waals surface area contributed by atoms with Crippen LogP contribution in [0.1, 0.15) is 10.4 Å². The van der Waals surface area contributed by atoms with E-state index < -0.39 is 0 Å². The fourth-order valence-corrected chi connectivity index (χ4v) is 3.09. The first-order valence-electron chi connectivity index (χ1n) is 5.11. The van der Waals surface area contributed by atoms with Crippen LogP contribution in [0.2, 0.25) is 13.7 Å². The quantitative estimate of drug-likeness (QED) is 0.859. The maximum atomic E-state index is 12.0. The van der Waals surface area contributed by atoms with Gasteiger partial charge in [-0.2, -0.15) is 0 Å². The second kappa shape index (κ2) is 6.01. The number of carbonyl (C=O) groups is 1. The second-order valence-corrected chi connectivity index (χ2v) is 6.23. The van der Waals surface area contributed by atoms with Crippen molar-refractivity contribution in [3.05, 3.63) is 43.5 Å². The molecule has 19 heavy (non-hydrogen) atoms. The molecule has 0 aliphatic heterocycles. The predicted molar refractivity (Wildman–Crippen MR) is 80.3 cm³/mol. The fraction of sp³-hybridized carbons (Fsp3) is 0.0833. The molecule has 2 rings (SSSR count). The van der Waals surface area contributed by atoms with Crippen molar-refractivity contribution >= 4 is 57.7 Å². The van der Waals surface area contributed by atoms with E-state index in [9.17, 15) is 4.79 Å². The summed E-state index contributed by atoms with van der Waals surface area (Å²) in [6.07, 6.45) is 0. The van der Waals surface area contributed by atoms with Crippen molar-refractivity contribution in [1.29, 1.82) is 0 Å². The van der Waals surface area contributed by atoms with Crippen LogP contribution in [-0.2, 0) is 0 Å². The molecule has 0 aliphatic rings. The number of rotatable bonds is 3. The Hall–Kier alpha value is -0.940. The molecule has 7 heteroatoms. The highest BCUT2D eigenvalue weighted by atomic mass is 35.5. The summed E-state index contributed by atoms with van der Waals surface area (Å²) in [5, 5.41) is 3.05. The first-order chi connectivity index (χ1) is 9.01. The number of methoxy groups -OCH3 is 1. The lowest BCUT2D eigenvalue weighted by atomic mass is 10.2. The topological polar surface area (TPSA) is 38.3 Å². The molecule has 0 aliphatic carbocycles. The van der Waals surface area contributed by atoms with Crippen molar-refractivity contribution in [2.75, 3.05) is 12.4 Å². The van der Waals surface area contributed by atoms with E-state index in [0.717, 1.165) is 11.3 Å². The van der Waals surface area contributed by atoms with Crippen molar-refractivity contribution in [2.45, 2.75) is 0 Å². The summed E-state index contributed by atoms with van der Waals surface area (Å²) in [6.45, 7) is 0. The van der Waals surface area contributed by atoms with E-state index in [-0.39, 0.29) is 5.91 Å². The Kier molecular flexibility index (Phi) is 4.58. The molecule has 0 radical (unpaired) electrons. The molecule has 0 spiro atoms. The minimum absolute atomic E-state index is 0.323. The van der Waals surface area contributed by atoms with Gasteiger partial charge in [0.1, 0.15) is 10.1 Å². The van der Waals surface area contributed by atoms with Gasteiger partial charge in [-0.05, 0) is 18.2 Å². The van der Waals surface area contributed by atoms with Crippen LogP contribution < -0.4 is 10.1 Å². The van der Waals surface area contributed by atoms with E-state index in [2.05, 4.69) is 5.32 Å². The Balaban J connectivity index is 2.22. The molecule has 0 unspecified atom stereocenters. The van der Waals surface area contributed by atoms with Crippen LogP contribution in [0.4, 0.5) is 5.69 Å². The Labute approximate surface area is 129 Å². The molecule has 0 saturated carbocycles. The molecular weight excluding hydrogens is 329 g/mol.